The lowest BCUT2D eigenvalue weighted by atomic mass is 10.1. The molecule has 3 aromatic carbocycles. The topological polar surface area (TPSA) is 52.6 Å². The molecule has 0 radical (unpaired) electrons. The Kier molecular flexibility index (Phi) is 7.69. The van der Waals surface area contributed by atoms with Crippen molar-refractivity contribution in [3.05, 3.63) is 96.9 Å². The largest absolute Gasteiger partial charge is 0.487 e. The molecule has 0 unspecified atom stereocenters. The Bertz CT molecular complexity index is 1040. The third-order valence-electron chi connectivity index (χ3n) is 4.22. The van der Waals surface area contributed by atoms with Gasteiger partial charge in [-0.2, -0.15) is 0 Å². The fourth-order valence-electron chi connectivity index (χ4n) is 2.65. The summed E-state index contributed by atoms with van der Waals surface area (Å²) in [6.07, 6.45) is 0. The van der Waals surface area contributed by atoms with Crippen molar-refractivity contribution in [3.8, 4) is 5.75 Å². The number of carbonyl (C=O) groups excluding carboxylic acids is 2. The molecule has 0 aliphatic rings. The van der Waals surface area contributed by atoms with Crippen LogP contribution in [0.4, 0.5) is 0 Å². The first-order valence-corrected chi connectivity index (χ1v) is 10.9. The van der Waals surface area contributed by atoms with Crippen LogP contribution < -0.4 is 4.74 Å². The first kappa shape index (κ1) is 22.5. The molecule has 0 atom stereocenters. The lowest BCUT2D eigenvalue weighted by Crippen LogP contribution is -2.14. The molecular weight excluding hydrogens is 536 g/mol. The number of Topliss-reactive ketones (excluding diaryl/α,β-unsaturated/α-hetero) is 1. The number of aryl methyl sites for hydroxylation is 1. The van der Waals surface area contributed by atoms with E-state index in [2.05, 4.69) is 31.9 Å². The van der Waals surface area contributed by atoms with E-state index in [9.17, 15) is 9.59 Å². The molecule has 0 amide bonds. The second kappa shape index (κ2) is 10.2. The van der Waals surface area contributed by atoms with Gasteiger partial charge < -0.3 is 9.47 Å². The lowest BCUT2D eigenvalue weighted by Gasteiger charge is -2.11. The molecule has 0 aliphatic heterocycles. The number of carbonyl (C=O) groups is 2. The van der Waals surface area contributed by atoms with Crippen molar-refractivity contribution in [2.75, 3.05) is 6.61 Å². The van der Waals surface area contributed by atoms with Gasteiger partial charge in [-0.1, -0.05) is 23.7 Å². The van der Waals surface area contributed by atoms with Crippen molar-refractivity contribution >= 4 is 55.2 Å². The summed E-state index contributed by atoms with van der Waals surface area (Å²) >= 11 is 12.8. The summed E-state index contributed by atoms with van der Waals surface area (Å²) in [7, 11) is 0. The van der Waals surface area contributed by atoms with Gasteiger partial charge in [0.2, 0.25) is 0 Å². The highest BCUT2D eigenvalue weighted by Crippen LogP contribution is 2.35. The summed E-state index contributed by atoms with van der Waals surface area (Å²) in [4.78, 5) is 24.3. The summed E-state index contributed by atoms with van der Waals surface area (Å²) in [6, 6.07) is 17.2. The van der Waals surface area contributed by atoms with E-state index in [4.69, 9.17) is 21.1 Å². The summed E-state index contributed by atoms with van der Waals surface area (Å²) in [5, 5.41) is 0.537. The van der Waals surface area contributed by atoms with Crippen LogP contribution in [0.1, 0.15) is 31.8 Å². The third-order valence-corrected chi connectivity index (χ3v) is 5.65. The smallest absolute Gasteiger partial charge is 0.338 e. The normalized spacial score (nSPS) is 10.5. The van der Waals surface area contributed by atoms with E-state index in [0.29, 0.717) is 28.5 Å². The van der Waals surface area contributed by atoms with E-state index in [1.54, 1.807) is 48.5 Å². The van der Waals surface area contributed by atoms with Gasteiger partial charge in [0.1, 0.15) is 12.4 Å². The van der Waals surface area contributed by atoms with Crippen molar-refractivity contribution in [1.82, 2.24) is 0 Å². The molecule has 0 saturated carbocycles. The molecule has 0 spiro atoms. The maximum Gasteiger partial charge on any atom is 0.338 e. The zero-order chi connectivity index (χ0) is 21.7. The molecule has 0 aromatic heterocycles. The van der Waals surface area contributed by atoms with E-state index in [0.717, 1.165) is 20.1 Å². The Labute approximate surface area is 196 Å². The van der Waals surface area contributed by atoms with Crippen molar-refractivity contribution < 1.29 is 19.1 Å². The van der Waals surface area contributed by atoms with Crippen LogP contribution in [0.25, 0.3) is 0 Å². The predicted octanol–water partition coefficient (Wildman–Crippen LogP) is 6.79. The molecule has 3 aromatic rings. The standard InChI is InChI=1S/C23H17Br2ClO4/c1-14-10-19(24)22(20(25)11-14)29-12-15-2-4-17(5-3-15)23(28)30-13-21(27)16-6-8-18(26)9-7-16/h2-11H,12-13H2,1H3. The molecule has 0 fully saturated rings. The molecule has 0 N–H and O–H groups in total. The fourth-order valence-corrected chi connectivity index (χ4v) is 4.42. The number of esters is 1. The van der Waals surface area contributed by atoms with Crippen LogP contribution in [0, 0.1) is 6.92 Å². The van der Waals surface area contributed by atoms with E-state index in [-0.39, 0.29) is 12.4 Å². The van der Waals surface area contributed by atoms with E-state index >= 15 is 0 Å². The monoisotopic (exact) mass is 550 g/mol. The summed E-state index contributed by atoms with van der Waals surface area (Å²) < 4.78 is 12.7. The van der Waals surface area contributed by atoms with Gasteiger partial charge in [-0.25, -0.2) is 4.79 Å². The van der Waals surface area contributed by atoms with Crippen LogP contribution in [0.15, 0.2) is 69.6 Å². The lowest BCUT2D eigenvalue weighted by molar-refractivity contribution is 0.0474. The van der Waals surface area contributed by atoms with Crippen molar-refractivity contribution in [2.24, 2.45) is 0 Å². The number of hydrogen-bond donors (Lipinski definition) is 0. The summed E-state index contributed by atoms with van der Waals surface area (Å²) in [6.45, 7) is 2.01. The van der Waals surface area contributed by atoms with Crippen molar-refractivity contribution in [2.45, 2.75) is 13.5 Å². The molecule has 4 nitrogen and oxygen atoms in total. The van der Waals surface area contributed by atoms with Crippen LogP contribution >= 0.6 is 43.5 Å². The highest BCUT2D eigenvalue weighted by atomic mass is 79.9. The molecule has 7 heteroatoms. The molecule has 0 heterocycles. The highest BCUT2D eigenvalue weighted by molar-refractivity contribution is 9.11. The molecule has 3 rings (SSSR count). The number of hydrogen-bond acceptors (Lipinski definition) is 4. The second-order valence-corrected chi connectivity index (χ2v) is 8.69. The first-order chi connectivity index (χ1) is 14.3. The SMILES string of the molecule is Cc1cc(Br)c(OCc2ccc(C(=O)OCC(=O)c3ccc(Cl)cc3)cc2)c(Br)c1. The number of halogens is 3. The van der Waals surface area contributed by atoms with E-state index in [1.165, 1.54) is 0 Å². The number of rotatable bonds is 7. The molecular formula is C23H17Br2ClO4. The number of ketones is 1. The van der Waals surface area contributed by atoms with Crippen LogP contribution in [0.3, 0.4) is 0 Å². The second-order valence-electron chi connectivity index (χ2n) is 6.55. The van der Waals surface area contributed by atoms with Gasteiger partial charge in [0.05, 0.1) is 14.5 Å². The quantitative estimate of drug-likeness (QED) is 0.239. The predicted molar refractivity (Wildman–Crippen MR) is 123 cm³/mol. The Balaban J connectivity index is 1.55. The molecule has 30 heavy (non-hydrogen) atoms. The Morgan fingerprint density at radius 1 is 0.900 bits per heavy atom. The average molecular weight is 553 g/mol. The minimum atomic E-state index is -0.561. The number of benzene rings is 3. The highest BCUT2D eigenvalue weighted by Gasteiger charge is 2.13. The Morgan fingerprint density at radius 2 is 1.47 bits per heavy atom. The van der Waals surface area contributed by atoms with Crippen LogP contribution in [-0.2, 0) is 11.3 Å². The van der Waals surface area contributed by atoms with Crippen molar-refractivity contribution in [1.29, 1.82) is 0 Å². The van der Waals surface area contributed by atoms with Crippen LogP contribution in [0.2, 0.25) is 5.02 Å². The van der Waals surface area contributed by atoms with Gasteiger partial charge in [-0.3, -0.25) is 4.79 Å². The minimum Gasteiger partial charge on any atom is -0.487 e. The molecule has 0 saturated heterocycles. The Morgan fingerprint density at radius 3 is 2.07 bits per heavy atom. The molecule has 154 valence electrons. The average Bonchev–Trinajstić information content (AvgIpc) is 2.72. The summed E-state index contributed by atoms with van der Waals surface area (Å²) in [5.74, 6) is -0.141. The zero-order valence-electron chi connectivity index (χ0n) is 16.0. The zero-order valence-corrected chi connectivity index (χ0v) is 19.9. The third kappa shape index (κ3) is 5.94. The van der Waals surface area contributed by atoms with Crippen LogP contribution in [-0.4, -0.2) is 18.4 Å². The van der Waals surface area contributed by atoms with Gasteiger partial charge >= 0.3 is 5.97 Å². The van der Waals surface area contributed by atoms with Gasteiger partial charge in [-0.05, 0) is 98.4 Å². The Hall–Kier alpha value is -2.15. The fraction of sp³-hybridized carbons (Fsp3) is 0.130. The van der Waals surface area contributed by atoms with Crippen LogP contribution in [0.5, 0.6) is 5.75 Å². The van der Waals surface area contributed by atoms with Gasteiger partial charge in [-0.15, -0.1) is 0 Å². The van der Waals surface area contributed by atoms with Crippen molar-refractivity contribution in [3.63, 3.8) is 0 Å². The summed E-state index contributed by atoms with van der Waals surface area (Å²) in [5.41, 5.74) is 2.80. The maximum absolute atomic E-state index is 12.2. The first-order valence-electron chi connectivity index (χ1n) is 8.97. The molecule has 0 aliphatic carbocycles. The molecule has 0 bridgehead atoms. The van der Waals surface area contributed by atoms with Gasteiger partial charge in [0.15, 0.2) is 12.4 Å². The minimum absolute atomic E-state index is 0.292. The maximum atomic E-state index is 12.2. The van der Waals surface area contributed by atoms with Gasteiger partial charge in [0, 0.05) is 10.6 Å². The van der Waals surface area contributed by atoms with E-state index < -0.39 is 5.97 Å². The van der Waals surface area contributed by atoms with Gasteiger partial charge in [0.25, 0.3) is 0 Å². The number of ether oxygens (including phenoxy) is 2. The van der Waals surface area contributed by atoms with E-state index in [1.807, 2.05) is 19.1 Å².